The molecular formula is C16H26N2O6. The number of nitrogens with one attached hydrogen (secondary N) is 2. The fourth-order valence-electron chi connectivity index (χ4n) is 1.59. The molecule has 0 fully saturated rings. The van der Waals surface area contributed by atoms with Crippen LogP contribution < -0.4 is 10.6 Å². The van der Waals surface area contributed by atoms with E-state index in [0.29, 0.717) is 0 Å². The van der Waals surface area contributed by atoms with Crippen LogP contribution in [0.15, 0.2) is 12.7 Å². The van der Waals surface area contributed by atoms with E-state index in [4.69, 9.17) is 4.74 Å². The van der Waals surface area contributed by atoms with Crippen molar-refractivity contribution in [1.82, 2.24) is 10.6 Å². The predicted molar refractivity (Wildman–Crippen MR) is 87.2 cm³/mol. The lowest BCUT2D eigenvalue weighted by Gasteiger charge is -2.22. The molecule has 0 saturated carbocycles. The lowest BCUT2D eigenvalue weighted by Crippen LogP contribution is -2.48. The minimum atomic E-state index is -0.897. The SMILES string of the molecule is C=CC[C@H](NC(=O)OC(C)(C)C)C(=O)NCC(=O)CCC(=O)OC. The van der Waals surface area contributed by atoms with E-state index in [0.717, 1.165) is 0 Å². The van der Waals surface area contributed by atoms with E-state index >= 15 is 0 Å². The van der Waals surface area contributed by atoms with Crippen LogP contribution >= 0.6 is 0 Å². The second kappa shape index (κ2) is 10.4. The van der Waals surface area contributed by atoms with Gasteiger partial charge in [-0.05, 0) is 27.2 Å². The average molecular weight is 342 g/mol. The maximum atomic E-state index is 12.1. The van der Waals surface area contributed by atoms with Gasteiger partial charge in [0.15, 0.2) is 5.78 Å². The average Bonchev–Trinajstić information content (AvgIpc) is 2.47. The Balaban J connectivity index is 4.43. The lowest BCUT2D eigenvalue weighted by molar-refractivity contribution is -0.141. The number of carbonyl (C=O) groups excluding carboxylic acids is 4. The number of ketones is 1. The summed E-state index contributed by atoms with van der Waals surface area (Å²) in [6.45, 7) is 8.40. The van der Waals surface area contributed by atoms with Crippen LogP contribution in [0.25, 0.3) is 0 Å². The molecule has 2 N–H and O–H groups in total. The van der Waals surface area contributed by atoms with E-state index in [9.17, 15) is 19.2 Å². The Hall–Kier alpha value is -2.38. The minimum absolute atomic E-state index is 0.0292. The van der Waals surface area contributed by atoms with Gasteiger partial charge in [-0.2, -0.15) is 0 Å². The predicted octanol–water partition coefficient (Wildman–Crippen LogP) is 1.09. The molecule has 8 heteroatoms. The highest BCUT2D eigenvalue weighted by molar-refractivity contribution is 5.91. The van der Waals surface area contributed by atoms with Gasteiger partial charge in [-0.25, -0.2) is 4.79 Å². The molecule has 0 bridgehead atoms. The molecular weight excluding hydrogens is 316 g/mol. The number of Topliss-reactive ketones (excluding diaryl/α,β-unsaturated/α-hetero) is 1. The van der Waals surface area contributed by atoms with Crippen molar-refractivity contribution < 1.29 is 28.7 Å². The number of rotatable bonds is 9. The highest BCUT2D eigenvalue weighted by Gasteiger charge is 2.23. The summed E-state index contributed by atoms with van der Waals surface area (Å²) in [4.78, 5) is 46.3. The molecule has 0 aliphatic rings. The van der Waals surface area contributed by atoms with Gasteiger partial charge in [0.1, 0.15) is 11.6 Å². The number of hydrogen-bond acceptors (Lipinski definition) is 6. The smallest absolute Gasteiger partial charge is 0.408 e. The Labute approximate surface area is 141 Å². The highest BCUT2D eigenvalue weighted by atomic mass is 16.6. The first kappa shape index (κ1) is 21.6. The van der Waals surface area contributed by atoms with Gasteiger partial charge in [-0.1, -0.05) is 6.08 Å². The van der Waals surface area contributed by atoms with Crippen LogP contribution in [0, 0.1) is 0 Å². The Bertz CT molecular complexity index is 481. The fraction of sp³-hybridized carbons (Fsp3) is 0.625. The molecule has 1 atom stereocenters. The van der Waals surface area contributed by atoms with Crippen molar-refractivity contribution in [2.75, 3.05) is 13.7 Å². The van der Waals surface area contributed by atoms with Crippen LogP contribution in [0.1, 0.15) is 40.0 Å². The van der Waals surface area contributed by atoms with Crippen molar-refractivity contribution in [3.63, 3.8) is 0 Å². The van der Waals surface area contributed by atoms with Crippen molar-refractivity contribution in [3.8, 4) is 0 Å². The van der Waals surface area contributed by atoms with Gasteiger partial charge >= 0.3 is 12.1 Å². The van der Waals surface area contributed by atoms with Crippen molar-refractivity contribution in [2.45, 2.75) is 51.7 Å². The molecule has 0 aromatic heterocycles. The highest BCUT2D eigenvalue weighted by Crippen LogP contribution is 2.07. The third-order valence-electron chi connectivity index (χ3n) is 2.71. The van der Waals surface area contributed by atoms with Gasteiger partial charge in [-0.15, -0.1) is 6.58 Å². The molecule has 2 amide bonds. The second-order valence-corrected chi connectivity index (χ2v) is 6.06. The summed E-state index contributed by atoms with van der Waals surface area (Å²) in [5.74, 6) is -1.35. The van der Waals surface area contributed by atoms with Crippen molar-refractivity contribution in [2.24, 2.45) is 0 Å². The van der Waals surface area contributed by atoms with Gasteiger partial charge < -0.3 is 20.1 Å². The monoisotopic (exact) mass is 342 g/mol. The number of amides is 2. The molecule has 0 aliphatic heterocycles. The standard InChI is InChI=1S/C16H26N2O6/c1-6-7-12(18-15(22)24-16(2,3)4)14(21)17-10-11(19)8-9-13(20)23-5/h6,12H,1,7-10H2,2-5H3,(H,17,21)(H,18,22)/t12-/m0/s1. The number of hydrogen-bond donors (Lipinski definition) is 2. The third-order valence-corrected chi connectivity index (χ3v) is 2.71. The maximum absolute atomic E-state index is 12.1. The number of carbonyl (C=O) groups is 4. The number of esters is 1. The molecule has 24 heavy (non-hydrogen) atoms. The van der Waals surface area contributed by atoms with Crippen LogP contribution in [0.3, 0.4) is 0 Å². The van der Waals surface area contributed by atoms with Gasteiger partial charge in [0.25, 0.3) is 0 Å². The lowest BCUT2D eigenvalue weighted by atomic mass is 10.1. The second-order valence-electron chi connectivity index (χ2n) is 6.06. The van der Waals surface area contributed by atoms with Crippen LogP contribution in [0.2, 0.25) is 0 Å². The molecule has 0 rings (SSSR count). The zero-order chi connectivity index (χ0) is 18.8. The summed E-state index contributed by atoms with van der Waals surface area (Å²) in [6, 6.07) is -0.897. The first-order valence-corrected chi connectivity index (χ1v) is 7.55. The van der Waals surface area contributed by atoms with E-state index < -0.39 is 29.6 Å². The van der Waals surface area contributed by atoms with E-state index in [2.05, 4.69) is 21.9 Å². The Morgan fingerprint density at radius 1 is 1.17 bits per heavy atom. The molecule has 0 aromatic rings. The normalized spacial score (nSPS) is 11.8. The Morgan fingerprint density at radius 2 is 1.79 bits per heavy atom. The molecule has 136 valence electrons. The first-order chi connectivity index (χ1) is 11.1. The number of ether oxygens (including phenoxy) is 2. The quantitative estimate of drug-likeness (QED) is 0.479. The summed E-state index contributed by atoms with van der Waals surface area (Å²) >= 11 is 0. The van der Waals surface area contributed by atoms with E-state index in [1.54, 1.807) is 20.8 Å². The summed E-state index contributed by atoms with van der Waals surface area (Å²) in [7, 11) is 1.23. The van der Waals surface area contributed by atoms with E-state index in [1.165, 1.54) is 13.2 Å². The molecule has 0 saturated heterocycles. The van der Waals surface area contributed by atoms with Gasteiger partial charge in [0.2, 0.25) is 5.91 Å². The number of methoxy groups -OCH3 is 1. The number of alkyl carbamates (subject to hydrolysis) is 1. The molecule has 8 nitrogen and oxygen atoms in total. The van der Waals surface area contributed by atoms with Crippen LogP contribution in [0.5, 0.6) is 0 Å². The zero-order valence-corrected chi connectivity index (χ0v) is 14.6. The van der Waals surface area contributed by atoms with Crippen LogP contribution in [-0.4, -0.2) is 49.1 Å². The van der Waals surface area contributed by atoms with Crippen molar-refractivity contribution in [3.05, 3.63) is 12.7 Å². The topological polar surface area (TPSA) is 111 Å². The van der Waals surface area contributed by atoms with Crippen molar-refractivity contribution >= 4 is 23.8 Å². The van der Waals surface area contributed by atoms with Crippen molar-refractivity contribution in [1.29, 1.82) is 0 Å². The summed E-state index contributed by atoms with van der Waals surface area (Å²) in [6.07, 6.45) is 0.847. The minimum Gasteiger partial charge on any atom is -0.469 e. The molecule has 0 aromatic carbocycles. The summed E-state index contributed by atoms with van der Waals surface area (Å²) in [5, 5.41) is 4.85. The third kappa shape index (κ3) is 10.4. The Kier molecular flexibility index (Phi) is 9.37. The van der Waals surface area contributed by atoms with Gasteiger partial charge in [0.05, 0.1) is 20.1 Å². The van der Waals surface area contributed by atoms with Gasteiger partial charge in [0, 0.05) is 6.42 Å². The fourth-order valence-corrected chi connectivity index (χ4v) is 1.59. The van der Waals surface area contributed by atoms with Crippen LogP contribution in [0.4, 0.5) is 4.79 Å². The van der Waals surface area contributed by atoms with Crippen LogP contribution in [-0.2, 0) is 23.9 Å². The molecule has 0 spiro atoms. The summed E-state index contributed by atoms with van der Waals surface area (Å²) in [5.41, 5.74) is -0.691. The Morgan fingerprint density at radius 3 is 2.29 bits per heavy atom. The molecule has 0 aliphatic carbocycles. The molecule has 0 radical (unpaired) electrons. The molecule has 0 unspecified atom stereocenters. The van der Waals surface area contributed by atoms with E-state index in [-0.39, 0.29) is 31.6 Å². The zero-order valence-electron chi connectivity index (χ0n) is 14.6. The molecule has 0 heterocycles. The van der Waals surface area contributed by atoms with E-state index in [1.807, 2.05) is 0 Å². The van der Waals surface area contributed by atoms with Gasteiger partial charge in [-0.3, -0.25) is 14.4 Å². The summed E-state index contributed by atoms with van der Waals surface area (Å²) < 4.78 is 9.51. The maximum Gasteiger partial charge on any atom is 0.408 e. The first-order valence-electron chi connectivity index (χ1n) is 7.55. The largest absolute Gasteiger partial charge is 0.469 e.